The van der Waals surface area contributed by atoms with Crippen LogP contribution in [0.5, 0.6) is 0 Å². The van der Waals surface area contributed by atoms with Gasteiger partial charge in [0.15, 0.2) is 7.98 Å². The van der Waals surface area contributed by atoms with E-state index in [2.05, 4.69) is 5.23 Å². The average Bonchev–Trinajstić information content (AvgIpc) is 1.92. The van der Waals surface area contributed by atoms with Gasteiger partial charge >= 0.3 is 0 Å². The molecule has 0 unspecified atom stereocenters. The molecule has 10 heavy (non-hydrogen) atoms. The second-order valence-corrected chi connectivity index (χ2v) is 2.60. The number of hydrogen-bond donors (Lipinski definition) is 1. The Morgan fingerprint density at radius 3 is 1.90 bits per heavy atom. The predicted octanol–water partition coefficient (Wildman–Crippen LogP) is 0.272. The lowest BCUT2D eigenvalue weighted by atomic mass is 9.87. The summed E-state index contributed by atoms with van der Waals surface area (Å²) in [5, 5.41) is 3.06. The zero-order valence-electron chi connectivity index (χ0n) is 7.32. The Balaban J connectivity index is 4.31. The van der Waals surface area contributed by atoms with Crippen LogP contribution in [-0.4, -0.2) is 19.3 Å². The lowest BCUT2D eigenvalue weighted by Crippen LogP contribution is -2.48. The van der Waals surface area contributed by atoms with Crippen molar-refractivity contribution >= 4 is 13.8 Å². The van der Waals surface area contributed by atoms with Crippen molar-refractivity contribution < 1.29 is 4.79 Å². The number of Topliss-reactive ketones (excluding diaryl/α,β-unsaturated/α-hetero) is 1. The molecule has 0 heterocycles. The predicted molar refractivity (Wildman–Crippen MR) is 45.7 cm³/mol. The summed E-state index contributed by atoms with van der Waals surface area (Å²) in [4.78, 5) is 11.1. The molecule has 1 N–H and O–H groups in total. The van der Waals surface area contributed by atoms with E-state index in [-0.39, 0.29) is 11.3 Å². The minimum atomic E-state index is -0.264. The first-order chi connectivity index (χ1) is 4.63. The van der Waals surface area contributed by atoms with Crippen LogP contribution in [0.25, 0.3) is 0 Å². The lowest BCUT2D eigenvalue weighted by molar-refractivity contribution is -0.122. The number of rotatable bonds is 4. The van der Waals surface area contributed by atoms with Crippen LogP contribution in [0.3, 0.4) is 0 Å². The molecular weight excluding hydrogens is 125 g/mol. The van der Waals surface area contributed by atoms with E-state index in [9.17, 15) is 4.79 Å². The first kappa shape index (κ1) is 9.69. The standard InChI is InChI=1S/C7H16BNO/c1-4-7(5-2,9-8)6(3)10/h9H,4-5,8H2,1-3H3. The highest BCUT2D eigenvalue weighted by Crippen LogP contribution is 2.14. The zero-order chi connectivity index (χ0) is 8.20. The molecule has 0 aliphatic rings. The highest BCUT2D eigenvalue weighted by atomic mass is 16.1. The molecule has 0 amide bonds. The Morgan fingerprint density at radius 2 is 1.90 bits per heavy atom. The summed E-state index contributed by atoms with van der Waals surface area (Å²) in [6.07, 6.45) is 1.74. The maximum absolute atomic E-state index is 11.1. The van der Waals surface area contributed by atoms with Gasteiger partial charge in [-0.15, -0.1) is 0 Å². The van der Waals surface area contributed by atoms with Crippen molar-refractivity contribution in [1.82, 2.24) is 5.23 Å². The Bertz CT molecular complexity index is 113. The van der Waals surface area contributed by atoms with Crippen LogP contribution in [0.4, 0.5) is 0 Å². The first-order valence-electron chi connectivity index (χ1n) is 3.83. The van der Waals surface area contributed by atoms with Crippen molar-refractivity contribution in [1.29, 1.82) is 0 Å². The molecule has 3 heteroatoms. The third kappa shape index (κ3) is 1.60. The summed E-state index contributed by atoms with van der Waals surface area (Å²) in [6, 6.07) is 0. The van der Waals surface area contributed by atoms with Gasteiger partial charge in [0.05, 0.1) is 5.54 Å². The van der Waals surface area contributed by atoms with Gasteiger partial charge in [0.2, 0.25) is 0 Å². The van der Waals surface area contributed by atoms with Gasteiger partial charge in [0, 0.05) is 0 Å². The average molecular weight is 141 g/mol. The quantitative estimate of drug-likeness (QED) is 0.569. The second kappa shape index (κ2) is 3.76. The highest BCUT2D eigenvalue weighted by molar-refractivity contribution is 6.07. The van der Waals surface area contributed by atoms with Crippen LogP contribution in [0.2, 0.25) is 0 Å². The van der Waals surface area contributed by atoms with Gasteiger partial charge in [-0.25, -0.2) is 0 Å². The van der Waals surface area contributed by atoms with Gasteiger partial charge in [0.25, 0.3) is 0 Å². The Hall–Kier alpha value is -0.305. The van der Waals surface area contributed by atoms with E-state index in [1.807, 2.05) is 21.8 Å². The number of nitrogens with one attached hydrogen (secondary N) is 1. The molecule has 0 spiro atoms. The summed E-state index contributed by atoms with van der Waals surface area (Å²) in [7, 11) is 1.84. The van der Waals surface area contributed by atoms with Gasteiger partial charge < -0.3 is 5.23 Å². The minimum Gasteiger partial charge on any atom is -0.351 e. The fourth-order valence-corrected chi connectivity index (χ4v) is 1.28. The molecule has 0 bridgehead atoms. The van der Waals surface area contributed by atoms with Crippen LogP contribution >= 0.6 is 0 Å². The topological polar surface area (TPSA) is 29.1 Å². The molecule has 0 fully saturated rings. The highest BCUT2D eigenvalue weighted by Gasteiger charge is 2.28. The lowest BCUT2D eigenvalue weighted by Gasteiger charge is -2.28. The SMILES string of the molecule is BNC(CC)(CC)C(C)=O. The van der Waals surface area contributed by atoms with Crippen LogP contribution in [0, 0.1) is 0 Å². The van der Waals surface area contributed by atoms with Crippen molar-refractivity contribution in [2.45, 2.75) is 39.2 Å². The smallest absolute Gasteiger partial charge is 0.183 e. The molecule has 0 aromatic rings. The maximum atomic E-state index is 11.1. The van der Waals surface area contributed by atoms with Crippen molar-refractivity contribution in [2.24, 2.45) is 0 Å². The van der Waals surface area contributed by atoms with E-state index in [1.165, 1.54) is 0 Å². The van der Waals surface area contributed by atoms with Crippen LogP contribution < -0.4 is 5.23 Å². The Kier molecular flexibility index (Phi) is 3.65. The Morgan fingerprint density at radius 1 is 1.50 bits per heavy atom. The van der Waals surface area contributed by atoms with E-state index < -0.39 is 0 Å². The van der Waals surface area contributed by atoms with Crippen LogP contribution in [-0.2, 0) is 4.79 Å². The third-order valence-electron chi connectivity index (χ3n) is 2.36. The van der Waals surface area contributed by atoms with Gasteiger partial charge in [0.1, 0.15) is 5.78 Å². The summed E-state index contributed by atoms with van der Waals surface area (Å²) >= 11 is 0. The molecule has 0 saturated carbocycles. The molecule has 0 radical (unpaired) electrons. The van der Waals surface area contributed by atoms with Crippen molar-refractivity contribution in [3.05, 3.63) is 0 Å². The molecule has 0 aliphatic heterocycles. The van der Waals surface area contributed by atoms with E-state index in [4.69, 9.17) is 0 Å². The van der Waals surface area contributed by atoms with Crippen LogP contribution in [0.15, 0.2) is 0 Å². The third-order valence-corrected chi connectivity index (χ3v) is 2.36. The van der Waals surface area contributed by atoms with E-state index in [1.54, 1.807) is 6.92 Å². The molecule has 0 aromatic heterocycles. The van der Waals surface area contributed by atoms with Gasteiger partial charge in [-0.3, -0.25) is 4.79 Å². The largest absolute Gasteiger partial charge is 0.351 e. The van der Waals surface area contributed by atoms with Crippen molar-refractivity contribution in [3.63, 3.8) is 0 Å². The fourth-order valence-electron chi connectivity index (χ4n) is 1.28. The van der Waals surface area contributed by atoms with Crippen molar-refractivity contribution in [2.75, 3.05) is 0 Å². The minimum absolute atomic E-state index is 0.236. The fraction of sp³-hybridized carbons (Fsp3) is 0.857. The monoisotopic (exact) mass is 141 g/mol. The molecule has 0 atom stereocenters. The normalized spacial score (nSPS) is 11.5. The molecule has 0 rings (SSSR count). The molecule has 0 aromatic carbocycles. The number of ketones is 1. The second-order valence-electron chi connectivity index (χ2n) is 2.60. The summed E-state index contributed by atoms with van der Waals surface area (Å²) in [6.45, 7) is 5.70. The Labute approximate surface area is 63.8 Å². The van der Waals surface area contributed by atoms with E-state index >= 15 is 0 Å². The van der Waals surface area contributed by atoms with Gasteiger partial charge in [-0.1, -0.05) is 13.8 Å². The maximum Gasteiger partial charge on any atom is 0.183 e. The van der Waals surface area contributed by atoms with Crippen molar-refractivity contribution in [3.8, 4) is 0 Å². The molecule has 2 nitrogen and oxygen atoms in total. The number of carbonyl (C=O) groups excluding carboxylic acids is 1. The van der Waals surface area contributed by atoms with Crippen LogP contribution in [0.1, 0.15) is 33.6 Å². The summed E-state index contributed by atoms with van der Waals surface area (Å²) < 4.78 is 0. The number of hydrogen-bond acceptors (Lipinski definition) is 2. The molecule has 58 valence electrons. The molecular formula is C7H16BNO. The zero-order valence-corrected chi connectivity index (χ0v) is 7.32. The summed E-state index contributed by atoms with van der Waals surface area (Å²) in [5.41, 5.74) is -0.264. The molecule has 0 aliphatic carbocycles. The summed E-state index contributed by atoms with van der Waals surface area (Å²) in [5.74, 6) is 0.236. The first-order valence-corrected chi connectivity index (χ1v) is 3.83. The van der Waals surface area contributed by atoms with Gasteiger partial charge in [-0.2, -0.15) is 0 Å². The van der Waals surface area contributed by atoms with E-state index in [0.29, 0.717) is 0 Å². The van der Waals surface area contributed by atoms with E-state index in [0.717, 1.165) is 12.8 Å². The molecule has 0 saturated heterocycles. The van der Waals surface area contributed by atoms with Gasteiger partial charge in [-0.05, 0) is 19.8 Å². The number of carbonyl (C=O) groups is 1.